The molecule has 0 atom stereocenters. The van der Waals surface area contributed by atoms with Gasteiger partial charge in [-0.05, 0) is 18.2 Å². The summed E-state index contributed by atoms with van der Waals surface area (Å²) < 4.78 is 15.1. The second-order valence-corrected chi connectivity index (χ2v) is 7.87. The Balaban J connectivity index is 1.88. The summed E-state index contributed by atoms with van der Waals surface area (Å²) in [6.45, 7) is 0. The van der Waals surface area contributed by atoms with Crippen molar-refractivity contribution in [1.29, 1.82) is 0 Å². The molecule has 5 heteroatoms. The van der Waals surface area contributed by atoms with Crippen molar-refractivity contribution in [3.63, 3.8) is 0 Å². The monoisotopic (exact) mass is 399 g/mol. The molecule has 5 nitrogen and oxygen atoms in total. The maximum atomic E-state index is 6.48. The molecule has 0 bridgehead atoms. The van der Waals surface area contributed by atoms with E-state index in [4.69, 9.17) is 8.83 Å². The van der Waals surface area contributed by atoms with E-state index in [1.807, 2.05) is 61.2 Å². The van der Waals surface area contributed by atoms with E-state index in [1.165, 1.54) is 0 Å². The molecule has 0 amide bonds. The van der Waals surface area contributed by atoms with Gasteiger partial charge in [-0.25, -0.2) is 4.98 Å². The molecule has 0 N–H and O–H groups in total. The van der Waals surface area contributed by atoms with E-state index in [0.717, 1.165) is 71.2 Å². The number of imidazole rings is 1. The molecule has 0 fully saturated rings. The molecule has 3 aromatic carbocycles. The third-order valence-corrected chi connectivity index (χ3v) is 6.33. The summed E-state index contributed by atoms with van der Waals surface area (Å²) >= 11 is 0. The number of rotatable bonds is 0. The van der Waals surface area contributed by atoms with Gasteiger partial charge in [-0.2, -0.15) is 0 Å². The lowest BCUT2D eigenvalue weighted by molar-refractivity contribution is 0.665. The van der Waals surface area contributed by atoms with Crippen molar-refractivity contribution in [2.45, 2.75) is 0 Å². The highest BCUT2D eigenvalue weighted by molar-refractivity contribution is 6.37. The topological polar surface area (TPSA) is 56.5 Å². The minimum absolute atomic E-state index is 0.816. The predicted molar refractivity (Wildman–Crippen MR) is 123 cm³/mol. The minimum atomic E-state index is 0.816. The maximum absolute atomic E-state index is 6.48. The van der Waals surface area contributed by atoms with Crippen LogP contribution in [-0.4, -0.2) is 14.4 Å². The maximum Gasteiger partial charge on any atom is 0.149 e. The first-order chi connectivity index (χ1) is 15.4. The van der Waals surface area contributed by atoms with Crippen LogP contribution in [0.3, 0.4) is 0 Å². The zero-order valence-corrected chi connectivity index (χ0v) is 16.2. The second kappa shape index (κ2) is 5.21. The quantitative estimate of drug-likeness (QED) is 0.262. The highest BCUT2D eigenvalue weighted by Gasteiger charge is 2.24. The number of furan rings is 2. The summed E-state index contributed by atoms with van der Waals surface area (Å²) in [7, 11) is 0. The van der Waals surface area contributed by atoms with Gasteiger partial charge in [0.25, 0.3) is 0 Å². The average molecular weight is 399 g/mol. The smallest absolute Gasteiger partial charge is 0.149 e. The Kier molecular flexibility index (Phi) is 2.60. The summed E-state index contributed by atoms with van der Waals surface area (Å²) in [6.07, 6.45) is 7.57. The molecular formula is C26H13N3O2. The minimum Gasteiger partial charge on any atom is -0.455 e. The van der Waals surface area contributed by atoms with Crippen molar-refractivity contribution in [2.75, 3.05) is 0 Å². The van der Waals surface area contributed by atoms with E-state index in [2.05, 4.69) is 32.6 Å². The van der Waals surface area contributed by atoms with Gasteiger partial charge >= 0.3 is 0 Å². The van der Waals surface area contributed by atoms with Gasteiger partial charge in [0, 0.05) is 46.3 Å². The highest BCUT2D eigenvalue weighted by Crippen LogP contribution is 2.46. The molecule has 0 aliphatic rings. The van der Waals surface area contributed by atoms with E-state index < -0.39 is 0 Å². The van der Waals surface area contributed by atoms with Crippen LogP contribution in [0.1, 0.15) is 0 Å². The van der Waals surface area contributed by atoms with Crippen LogP contribution >= 0.6 is 0 Å². The Bertz CT molecular complexity index is 2010. The fourth-order valence-corrected chi connectivity index (χ4v) is 5.10. The van der Waals surface area contributed by atoms with Gasteiger partial charge in [0.15, 0.2) is 0 Å². The number of pyridine rings is 2. The van der Waals surface area contributed by atoms with E-state index >= 15 is 0 Å². The fourth-order valence-electron chi connectivity index (χ4n) is 5.10. The van der Waals surface area contributed by atoms with Gasteiger partial charge in [-0.3, -0.25) is 9.38 Å². The van der Waals surface area contributed by atoms with Crippen LogP contribution in [0, 0.1) is 0 Å². The number of aromatic nitrogens is 3. The van der Waals surface area contributed by atoms with Gasteiger partial charge in [0.1, 0.15) is 28.0 Å². The number of hydrogen-bond donors (Lipinski definition) is 0. The van der Waals surface area contributed by atoms with Crippen molar-refractivity contribution in [1.82, 2.24) is 14.4 Å². The fraction of sp³-hybridized carbons (Fsp3) is 0. The van der Waals surface area contributed by atoms with Crippen LogP contribution in [-0.2, 0) is 0 Å². The van der Waals surface area contributed by atoms with Gasteiger partial charge in [-0.1, -0.05) is 36.4 Å². The molecule has 0 aliphatic heterocycles. The van der Waals surface area contributed by atoms with Crippen molar-refractivity contribution in [2.24, 2.45) is 0 Å². The number of hydrogen-bond acceptors (Lipinski definition) is 4. The Morgan fingerprint density at radius 3 is 2.10 bits per heavy atom. The molecule has 0 spiro atoms. The van der Waals surface area contributed by atoms with Gasteiger partial charge < -0.3 is 8.83 Å². The first-order valence-electron chi connectivity index (χ1n) is 10.2. The Morgan fingerprint density at radius 1 is 0.645 bits per heavy atom. The van der Waals surface area contributed by atoms with E-state index in [0.29, 0.717) is 0 Å². The summed E-state index contributed by atoms with van der Waals surface area (Å²) in [5, 5.41) is 7.28. The standard InChI is InChI=1S/C26H13N3O2/c1-3-7-18-15(5-1)20-23-21(17-13-27-10-9-14(17)26-28-11-12-29(23)26)25-22(24(20)30-18)16-6-2-4-8-19(16)31-25/h1-13H. The molecule has 0 unspecified atom stereocenters. The van der Waals surface area contributed by atoms with Gasteiger partial charge in [-0.15, -0.1) is 0 Å². The predicted octanol–water partition coefficient (Wildman–Crippen LogP) is 6.83. The molecule has 0 radical (unpaired) electrons. The molecule has 0 saturated carbocycles. The molecule has 5 aromatic heterocycles. The summed E-state index contributed by atoms with van der Waals surface area (Å²) in [5.41, 5.74) is 5.28. The lowest BCUT2D eigenvalue weighted by Gasteiger charge is -2.10. The molecular weight excluding hydrogens is 386 g/mol. The Labute approximate surface area is 174 Å². The zero-order chi connectivity index (χ0) is 20.1. The van der Waals surface area contributed by atoms with E-state index in [9.17, 15) is 0 Å². The normalized spacial score (nSPS) is 12.5. The number of nitrogens with zero attached hydrogens (tertiary/aromatic N) is 3. The van der Waals surface area contributed by atoms with Crippen LogP contribution in [0.5, 0.6) is 0 Å². The van der Waals surface area contributed by atoms with Crippen LogP contribution in [0.4, 0.5) is 0 Å². The average Bonchev–Trinajstić information content (AvgIpc) is 3.53. The van der Waals surface area contributed by atoms with Gasteiger partial charge in [0.2, 0.25) is 0 Å². The molecule has 0 aliphatic carbocycles. The lowest BCUT2D eigenvalue weighted by Crippen LogP contribution is -1.92. The van der Waals surface area contributed by atoms with Crippen molar-refractivity contribution in [3.8, 4) is 0 Å². The van der Waals surface area contributed by atoms with Crippen LogP contribution in [0.25, 0.3) is 71.2 Å². The third kappa shape index (κ3) is 1.74. The van der Waals surface area contributed by atoms with Crippen LogP contribution in [0.15, 0.2) is 88.2 Å². The summed E-state index contributed by atoms with van der Waals surface area (Å²) in [4.78, 5) is 9.11. The molecule has 0 saturated heterocycles. The molecule has 8 rings (SSSR count). The van der Waals surface area contributed by atoms with Crippen LogP contribution in [0.2, 0.25) is 0 Å². The van der Waals surface area contributed by atoms with Crippen molar-refractivity contribution in [3.05, 3.63) is 79.4 Å². The Morgan fingerprint density at radius 2 is 1.32 bits per heavy atom. The zero-order valence-electron chi connectivity index (χ0n) is 16.2. The number of fused-ring (bicyclic) bond motifs is 15. The first-order valence-corrected chi connectivity index (χ1v) is 10.2. The molecule has 5 heterocycles. The largest absolute Gasteiger partial charge is 0.455 e. The van der Waals surface area contributed by atoms with Crippen LogP contribution < -0.4 is 0 Å². The SMILES string of the molecule is c1ccc2c(c1)oc1c2c2oc3ccccc3c2c2c1c1cnccc1c1nccn12. The van der Waals surface area contributed by atoms with Gasteiger partial charge in [0.05, 0.1) is 21.7 Å². The van der Waals surface area contributed by atoms with E-state index in [1.54, 1.807) is 0 Å². The Hall–Kier alpha value is -4.38. The van der Waals surface area contributed by atoms with Crippen molar-refractivity contribution >= 4 is 71.2 Å². The molecule has 8 aromatic rings. The van der Waals surface area contributed by atoms with E-state index in [-0.39, 0.29) is 0 Å². The second-order valence-electron chi connectivity index (χ2n) is 7.87. The number of para-hydroxylation sites is 2. The third-order valence-electron chi connectivity index (χ3n) is 6.33. The lowest BCUT2D eigenvalue weighted by atomic mass is 10.00. The summed E-state index contributed by atoms with van der Waals surface area (Å²) in [5.74, 6) is 0. The number of benzene rings is 3. The van der Waals surface area contributed by atoms with Crippen molar-refractivity contribution < 1.29 is 8.83 Å². The summed E-state index contributed by atoms with van der Waals surface area (Å²) in [6, 6.07) is 18.3. The molecule has 144 valence electrons. The highest BCUT2D eigenvalue weighted by atomic mass is 16.3. The first kappa shape index (κ1) is 15.5. The molecule has 31 heavy (non-hydrogen) atoms.